The van der Waals surface area contributed by atoms with E-state index in [1.807, 2.05) is 13.8 Å². The Morgan fingerprint density at radius 1 is 1.21 bits per heavy atom. The first-order valence-electron chi connectivity index (χ1n) is 6.58. The Bertz CT molecular complexity index is 525. The molecule has 2 aliphatic heterocycles. The first-order valence-corrected chi connectivity index (χ1v) is 9.90. The second kappa shape index (κ2) is 4.98. The maximum atomic E-state index is 12.7. The number of sulfone groups is 1. The van der Waals surface area contributed by atoms with Crippen molar-refractivity contribution >= 4 is 19.9 Å². The Balaban J connectivity index is 2.18. The third kappa shape index (κ3) is 3.12. The molecule has 2 saturated heterocycles. The van der Waals surface area contributed by atoms with Gasteiger partial charge in [-0.05, 0) is 26.7 Å². The summed E-state index contributed by atoms with van der Waals surface area (Å²) < 4.78 is 49.7. The number of nitrogens with zero attached hydrogens (tertiary/aromatic N) is 1. The Hall–Kier alpha value is -0.180. The molecule has 0 bridgehead atoms. The molecule has 0 aromatic carbocycles. The number of hydrogen-bond acceptors (Lipinski definition) is 5. The molecule has 2 aliphatic rings. The third-order valence-corrected chi connectivity index (χ3v) is 8.28. The normalized spacial score (nSPS) is 29.2. The van der Waals surface area contributed by atoms with Gasteiger partial charge in [0.05, 0.1) is 16.8 Å². The first kappa shape index (κ1) is 15.2. The molecule has 2 heterocycles. The SMILES string of the molecule is CC1(C)CNCCN1S(=O)(=O)C1CCS(=O)(=O)CC1. The van der Waals surface area contributed by atoms with Gasteiger partial charge in [-0.1, -0.05) is 0 Å². The molecule has 19 heavy (non-hydrogen) atoms. The zero-order chi connectivity index (χ0) is 14.3. The van der Waals surface area contributed by atoms with E-state index >= 15 is 0 Å². The van der Waals surface area contributed by atoms with Crippen LogP contribution in [0.2, 0.25) is 0 Å². The van der Waals surface area contributed by atoms with E-state index in [-0.39, 0.29) is 24.3 Å². The highest BCUT2D eigenvalue weighted by atomic mass is 32.2. The van der Waals surface area contributed by atoms with Gasteiger partial charge in [0.1, 0.15) is 9.84 Å². The summed E-state index contributed by atoms with van der Waals surface area (Å²) >= 11 is 0. The first-order chi connectivity index (χ1) is 8.65. The van der Waals surface area contributed by atoms with Crippen LogP contribution >= 0.6 is 0 Å². The number of piperazine rings is 1. The summed E-state index contributed by atoms with van der Waals surface area (Å²) in [5.41, 5.74) is -0.451. The van der Waals surface area contributed by atoms with E-state index in [1.165, 1.54) is 0 Å². The minimum absolute atomic E-state index is 0.0105. The van der Waals surface area contributed by atoms with Crippen molar-refractivity contribution in [1.29, 1.82) is 0 Å². The molecule has 0 aromatic heterocycles. The van der Waals surface area contributed by atoms with Crippen LogP contribution in [-0.4, -0.2) is 63.1 Å². The van der Waals surface area contributed by atoms with Gasteiger partial charge in [-0.25, -0.2) is 16.8 Å². The van der Waals surface area contributed by atoms with E-state index in [0.29, 0.717) is 19.6 Å². The summed E-state index contributed by atoms with van der Waals surface area (Å²) in [6.07, 6.45) is 0.454. The van der Waals surface area contributed by atoms with Gasteiger partial charge >= 0.3 is 0 Å². The lowest BCUT2D eigenvalue weighted by Gasteiger charge is -2.43. The number of nitrogens with one attached hydrogen (secondary N) is 1. The predicted molar refractivity (Wildman–Crippen MR) is 74.3 cm³/mol. The molecule has 112 valence electrons. The van der Waals surface area contributed by atoms with E-state index in [4.69, 9.17) is 0 Å². The number of rotatable bonds is 2. The maximum absolute atomic E-state index is 12.7. The average molecular weight is 310 g/mol. The fourth-order valence-electron chi connectivity index (χ4n) is 2.78. The van der Waals surface area contributed by atoms with Crippen LogP contribution in [0.1, 0.15) is 26.7 Å². The van der Waals surface area contributed by atoms with Gasteiger partial charge in [0, 0.05) is 25.2 Å². The minimum Gasteiger partial charge on any atom is -0.314 e. The lowest BCUT2D eigenvalue weighted by atomic mass is 10.0. The summed E-state index contributed by atoms with van der Waals surface area (Å²) in [6.45, 7) is 5.52. The monoisotopic (exact) mass is 310 g/mol. The molecule has 0 atom stereocenters. The van der Waals surface area contributed by atoms with Crippen molar-refractivity contribution in [3.63, 3.8) is 0 Å². The number of sulfonamides is 1. The van der Waals surface area contributed by atoms with Crippen LogP contribution in [-0.2, 0) is 19.9 Å². The topological polar surface area (TPSA) is 83.6 Å². The molecule has 0 radical (unpaired) electrons. The second-order valence-corrected chi connectivity index (χ2v) is 10.4. The highest BCUT2D eigenvalue weighted by Gasteiger charge is 2.43. The van der Waals surface area contributed by atoms with Crippen LogP contribution in [0.3, 0.4) is 0 Å². The molecular formula is C11H22N2O4S2. The zero-order valence-corrected chi connectivity index (χ0v) is 13.1. The highest BCUT2D eigenvalue weighted by Crippen LogP contribution is 2.28. The number of hydrogen-bond donors (Lipinski definition) is 1. The quantitative estimate of drug-likeness (QED) is 0.749. The van der Waals surface area contributed by atoms with Gasteiger partial charge in [-0.3, -0.25) is 0 Å². The molecule has 2 fully saturated rings. The molecule has 0 amide bonds. The lowest BCUT2D eigenvalue weighted by molar-refractivity contribution is 0.183. The van der Waals surface area contributed by atoms with E-state index in [1.54, 1.807) is 4.31 Å². The summed E-state index contributed by atoms with van der Waals surface area (Å²) in [5, 5.41) is 2.64. The standard InChI is InChI=1S/C11H22N2O4S2/c1-11(2)9-12-5-6-13(11)19(16,17)10-3-7-18(14,15)8-4-10/h10,12H,3-9H2,1-2H3. The van der Waals surface area contributed by atoms with Crippen LogP contribution in [0.25, 0.3) is 0 Å². The minimum atomic E-state index is -3.41. The van der Waals surface area contributed by atoms with Crippen LogP contribution in [0, 0.1) is 0 Å². The highest BCUT2D eigenvalue weighted by molar-refractivity contribution is 7.92. The van der Waals surface area contributed by atoms with Gasteiger partial charge in [0.25, 0.3) is 0 Å². The molecule has 0 spiro atoms. The zero-order valence-electron chi connectivity index (χ0n) is 11.4. The van der Waals surface area contributed by atoms with Crippen molar-refractivity contribution in [2.75, 3.05) is 31.1 Å². The largest absolute Gasteiger partial charge is 0.314 e. The fourth-order valence-corrected chi connectivity index (χ4v) is 6.86. The molecule has 2 rings (SSSR count). The summed E-state index contributed by atoms with van der Waals surface area (Å²) in [4.78, 5) is 0. The van der Waals surface area contributed by atoms with Gasteiger partial charge in [0.15, 0.2) is 0 Å². The second-order valence-electron chi connectivity index (χ2n) is 5.96. The van der Waals surface area contributed by atoms with E-state index in [9.17, 15) is 16.8 Å². The van der Waals surface area contributed by atoms with E-state index < -0.39 is 30.6 Å². The Kier molecular flexibility index (Phi) is 3.99. The van der Waals surface area contributed by atoms with Crippen LogP contribution in [0.5, 0.6) is 0 Å². The Labute approximate surface area is 115 Å². The van der Waals surface area contributed by atoms with Gasteiger partial charge < -0.3 is 5.32 Å². The van der Waals surface area contributed by atoms with E-state index in [0.717, 1.165) is 0 Å². The van der Waals surface area contributed by atoms with Crippen LogP contribution in [0.4, 0.5) is 0 Å². The molecule has 0 saturated carbocycles. The molecule has 0 unspecified atom stereocenters. The van der Waals surface area contributed by atoms with Crippen molar-refractivity contribution in [2.24, 2.45) is 0 Å². The Morgan fingerprint density at radius 2 is 1.79 bits per heavy atom. The van der Waals surface area contributed by atoms with Gasteiger partial charge in [0.2, 0.25) is 10.0 Å². The van der Waals surface area contributed by atoms with Crippen molar-refractivity contribution < 1.29 is 16.8 Å². The maximum Gasteiger partial charge on any atom is 0.217 e. The molecule has 0 aliphatic carbocycles. The molecule has 8 heteroatoms. The van der Waals surface area contributed by atoms with Crippen molar-refractivity contribution in [1.82, 2.24) is 9.62 Å². The molecule has 6 nitrogen and oxygen atoms in total. The molecule has 0 aromatic rings. The summed E-state index contributed by atoms with van der Waals surface area (Å²) in [7, 11) is -6.44. The van der Waals surface area contributed by atoms with Crippen molar-refractivity contribution in [3.8, 4) is 0 Å². The van der Waals surface area contributed by atoms with Gasteiger partial charge in [-0.15, -0.1) is 0 Å². The predicted octanol–water partition coefficient (Wildman–Crippen LogP) is -0.423. The smallest absolute Gasteiger partial charge is 0.217 e. The summed E-state index contributed by atoms with van der Waals surface area (Å²) in [5.74, 6) is -0.0210. The van der Waals surface area contributed by atoms with Gasteiger partial charge in [-0.2, -0.15) is 4.31 Å². The Morgan fingerprint density at radius 3 is 2.32 bits per heavy atom. The molecular weight excluding hydrogens is 288 g/mol. The van der Waals surface area contributed by atoms with Crippen LogP contribution < -0.4 is 5.32 Å². The third-order valence-electron chi connectivity index (χ3n) is 3.95. The molecule has 1 N–H and O–H groups in total. The fraction of sp³-hybridized carbons (Fsp3) is 1.00. The van der Waals surface area contributed by atoms with Crippen molar-refractivity contribution in [3.05, 3.63) is 0 Å². The average Bonchev–Trinajstić information content (AvgIpc) is 2.27. The van der Waals surface area contributed by atoms with Crippen LogP contribution in [0.15, 0.2) is 0 Å². The van der Waals surface area contributed by atoms with E-state index in [2.05, 4.69) is 5.32 Å². The lowest BCUT2D eigenvalue weighted by Crippen LogP contribution is -2.61. The van der Waals surface area contributed by atoms with Crippen molar-refractivity contribution in [2.45, 2.75) is 37.5 Å². The summed E-state index contributed by atoms with van der Waals surface area (Å²) in [6, 6.07) is 0.